The minimum absolute atomic E-state index is 0.268. The minimum atomic E-state index is 0.268. The van der Waals surface area contributed by atoms with Crippen LogP contribution in [0.3, 0.4) is 0 Å². The first-order valence-corrected chi connectivity index (χ1v) is 11.6. The zero-order valence-corrected chi connectivity index (χ0v) is 19.7. The molecule has 2 heterocycles. The predicted octanol–water partition coefficient (Wildman–Crippen LogP) is 3.50. The molecule has 3 aromatic rings. The number of nitrogens with zero attached hydrogens (tertiary/aromatic N) is 5. The van der Waals surface area contributed by atoms with Crippen LogP contribution in [0.5, 0.6) is 5.75 Å². The van der Waals surface area contributed by atoms with Gasteiger partial charge in [0.15, 0.2) is 5.82 Å². The molecular weight excluding hydrogens is 428 g/mol. The second-order valence-corrected chi connectivity index (χ2v) is 8.48. The number of hydrazine groups is 1. The first kappa shape index (κ1) is 23.4. The third-order valence-electron chi connectivity index (χ3n) is 5.91. The highest BCUT2D eigenvalue weighted by molar-refractivity contribution is 5.64. The average molecular weight is 461 g/mol. The molecule has 0 atom stereocenters. The summed E-state index contributed by atoms with van der Waals surface area (Å²) in [7, 11) is 1.74. The Morgan fingerprint density at radius 3 is 2.53 bits per heavy atom. The third-order valence-corrected chi connectivity index (χ3v) is 5.91. The standard InChI is InChI=1S/C25H32N8O/c1-17-22(34-19-11-7-4-8-12-19)14-13-20(31-17)23(26)21(33(2)27)15-28-25-30-16-29-24(32-25)18-9-5-3-6-10-18/h3,5-6,9-10,13-14,16,19H,4,7-8,11-12,15,26-27H2,1-2H3,(H,28,29,30,32)/b23-21-. The van der Waals surface area contributed by atoms with Gasteiger partial charge < -0.3 is 20.8 Å². The Kier molecular flexibility index (Phi) is 7.54. The van der Waals surface area contributed by atoms with Crippen molar-refractivity contribution in [3.05, 3.63) is 65.9 Å². The van der Waals surface area contributed by atoms with Crippen LogP contribution in [0.15, 0.2) is 54.5 Å². The van der Waals surface area contributed by atoms with Gasteiger partial charge in [-0.3, -0.25) is 0 Å². The topological polar surface area (TPSA) is 128 Å². The third kappa shape index (κ3) is 5.79. The van der Waals surface area contributed by atoms with Gasteiger partial charge >= 0.3 is 0 Å². The van der Waals surface area contributed by atoms with Crippen molar-refractivity contribution in [2.45, 2.75) is 45.1 Å². The first-order valence-electron chi connectivity index (χ1n) is 11.6. The summed E-state index contributed by atoms with van der Waals surface area (Å²) in [4.78, 5) is 17.7. The summed E-state index contributed by atoms with van der Waals surface area (Å²) in [5.74, 6) is 7.93. The van der Waals surface area contributed by atoms with Crippen molar-refractivity contribution in [1.29, 1.82) is 0 Å². The highest BCUT2D eigenvalue weighted by Gasteiger charge is 2.17. The molecule has 0 amide bonds. The van der Waals surface area contributed by atoms with E-state index >= 15 is 0 Å². The highest BCUT2D eigenvalue weighted by atomic mass is 16.5. The van der Waals surface area contributed by atoms with Crippen molar-refractivity contribution < 1.29 is 4.74 Å². The van der Waals surface area contributed by atoms with Gasteiger partial charge in [-0.2, -0.15) is 4.98 Å². The van der Waals surface area contributed by atoms with E-state index in [1.165, 1.54) is 30.6 Å². The summed E-state index contributed by atoms with van der Waals surface area (Å²) in [6.45, 7) is 2.26. The number of rotatable bonds is 8. The zero-order chi connectivity index (χ0) is 23.9. The maximum absolute atomic E-state index is 6.49. The second-order valence-electron chi connectivity index (χ2n) is 8.48. The summed E-state index contributed by atoms with van der Waals surface area (Å²) in [5.41, 5.74) is 9.99. The van der Waals surface area contributed by atoms with Crippen molar-refractivity contribution in [3.63, 3.8) is 0 Å². The van der Waals surface area contributed by atoms with Crippen molar-refractivity contribution >= 4 is 11.6 Å². The summed E-state index contributed by atoms with van der Waals surface area (Å²) >= 11 is 0. The molecule has 1 fully saturated rings. The van der Waals surface area contributed by atoms with Crippen LogP contribution in [0, 0.1) is 6.92 Å². The van der Waals surface area contributed by atoms with Gasteiger partial charge in [0, 0.05) is 12.6 Å². The molecule has 0 saturated heterocycles. The summed E-state index contributed by atoms with van der Waals surface area (Å²) in [5, 5.41) is 4.67. The molecule has 0 aliphatic heterocycles. The van der Waals surface area contributed by atoms with Gasteiger partial charge in [0.25, 0.3) is 0 Å². The number of aromatic nitrogens is 4. The Balaban J connectivity index is 1.49. The van der Waals surface area contributed by atoms with E-state index in [0.717, 1.165) is 29.8 Å². The Bertz CT molecular complexity index is 1130. The van der Waals surface area contributed by atoms with E-state index in [-0.39, 0.29) is 6.10 Å². The molecule has 0 radical (unpaired) electrons. The van der Waals surface area contributed by atoms with E-state index in [0.29, 0.717) is 35.4 Å². The highest BCUT2D eigenvalue weighted by Crippen LogP contribution is 2.26. The fourth-order valence-electron chi connectivity index (χ4n) is 4.01. The smallest absolute Gasteiger partial charge is 0.226 e. The monoisotopic (exact) mass is 460 g/mol. The quantitative estimate of drug-likeness (QED) is 0.342. The van der Waals surface area contributed by atoms with Gasteiger partial charge in [0.05, 0.1) is 35.4 Å². The van der Waals surface area contributed by atoms with Crippen LogP contribution < -0.4 is 21.6 Å². The minimum Gasteiger partial charge on any atom is -0.489 e. The molecule has 9 nitrogen and oxygen atoms in total. The number of ether oxygens (including phenoxy) is 1. The fourth-order valence-corrected chi connectivity index (χ4v) is 4.01. The number of benzene rings is 1. The number of aryl methyl sites for hydroxylation is 1. The first-order chi connectivity index (χ1) is 16.5. The fraction of sp³-hybridized carbons (Fsp3) is 0.360. The van der Waals surface area contributed by atoms with E-state index in [4.69, 9.17) is 21.3 Å². The van der Waals surface area contributed by atoms with Gasteiger partial charge in [-0.05, 0) is 44.7 Å². The van der Waals surface area contributed by atoms with E-state index in [9.17, 15) is 0 Å². The molecule has 0 bridgehead atoms. The Morgan fingerprint density at radius 2 is 1.82 bits per heavy atom. The van der Waals surface area contributed by atoms with Crippen molar-refractivity contribution in [2.75, 3.05) is 18.9 Å². The maximum atomic E-state index is 6.49. The molecule has 1 aliphatic carbocycles. The van der Waals surface area contributed by atoms with E-state index in [1.807, 2.05) is 49.4 Å². The van der Waals surface area contributed by atoms with Crippen LogP contribution in [0.2, 0.25) is 0 Å². The van der Waals surface area contributed by atoms with Gasteiger partial charge in [-0.1, -0.05) is 36.8 Å². The predicted molar refractivity (Wildman–Crippen MR) is 133 cm³/mol. The lowest BCUT2D eigenvalue weighted by atomic mass is 9.98. The summed E-state index contributed by atoms with van der Waals surface area (Å²) in [6.07, 6.45) is 7.67. The van der Waals surface area contributed by atoms with Crippen LogP contribution >= 0.6 is 0 Å². The number of anilines is 1. The number of nitrogens with two attached hydrogens (primary N) is 2. The van der Waals surface area contributed by atoms with Gasteiger partial charge in [-0.25, -0.2) is 20.8 Å². The van der Waals surface area contributed by atoms with Crippen LogP contribution in [0.25, 0.3) is 17.1 Å². The summed E-state index contributed by atoms with van der Waals surface area (Å²) < 4.78 is 6.19. The SMILES string of the molecule is Cc1nc(/C(N)=C(\CNc2ncnc(-c3ccccc3)n2)N(C)N)ccc1OC1CCCCC1. The molecule has 1 saturated carbocycles. The van der Waals surface area contributed by atoms with Crippen LogP contribution in [-0.4, -0.2) is 44.6 Å². The Labute approximate surface area is 200 Å². The lowest BCUT2D eigenvalue weighted by Crippen LogP contribution is -2.32. The van der Waals surface area contributed by atoms with Crippen molar-refractivity contribution in [2.24, 2.45) is 11.6 Å². The Morgan fingerprint density at radius 1 is 1.06 bits per heavy atom. The lowest BCUT2D eigenvalue weighted by molar-refractivity contribution is 0.153. The van der Waals surface area contributed by atoms with Crippen molar-refractivity contribution in [3.8, 4) is 17.1 Å². The largest absolute Gasteiger partial charge is 0.489 e. The molecule has 178 valence electrons. The number of hydrogen-bond donors (Lipinski definition) is 3. The molecule has 4 rings (SSSR count). The maximum Gasteiger partial charge on any atom is 0.226 e. The number of pyridine rings is 1. The molecule has 9 heteroatoms. The zero-order valence-electron chi connectivity index (χ0n) is 19.7. The number of hydrogen-bond acceptors (Lipinski definition) is 9. The molecular formula is C25H32N8O. The van der Waals surface area contributed by atoms with E-state index in [2.05, 4.69) is 20.3 Å². The van der Waals surface area contributed by atoms with Crippen molar-refractivity contribution in [1.82, 2.24) is 24.9 Å². The lowest BCUT2D eigenvalue weighted by Gasteiger charge is -2.24. The second kappa shape index (κ2) is 10.9. The van der Waals surface area contributed by atoms with Crippen LogP contribution in [0.4, 0.5) is 5.95 Å². The van der Waals surface area contributed by atoms with E-state index in [1.54, 1.807) is 7.05 Å². The normalized spacial score (nSPS) is 14.9. The molecule has 0 spiro atoms. The molecule has 34 heavy (non-hydrogen) atoms. The molecule has 2 aromatic heterocycles. The molecule has 5 N–H and O–H groups in total. The van der Waals surface area contributed by atoms with Crippen LogP contribution in [-0.2, 0) is 0 Å². The molecule has 0 unspecified atom stereocenters. The number of nitrogens with one attached hydrogen (secondary N) is 1. The van der Waals surface area contributed by atoms with Crippen LogP contribution in [0.1, 0.15) is 43.5 Å². The van der Waals surface area contributed by atoms with E-state index < -0.39 is 0 Å². The molecule has 1 aromatic carbocycles. The number of likely N-dealkylation sites (N-methyl/N-ethyl adjacent to an activating group) is 1. The van der Waals surface area contributed by atoms with Gasteiger partial charge in [-0.15, -0.1) is 0 Å². The van der Waals surface area contributed by atoms with Gasteiger partial charge in [0.2, 0.25) is 5.95 Å². The Hall–Kier alpha value is -3.72. The summed E-state index contributed by atoms with van der Waals surface area (Å²) in [6, 6.07) is 13.6. The average Bonchev–Trinajstić information content (AvgIpc) is 2.86. The van der Waals surface area contributed by atoms with Gasteiger partial charge in [0.1, 0.15) is 12.1 Å². The molecule has 1 aliphatic rings.